The molecule has 2 aliphatic carbocycles. The quantitative estimate of drug-likeness (QED) is 0.835. The van der Waals surface area contributed by atoms with Gasteiger partial charge in [-0.3, -0.25) is 4.79 Å². The van der Waals surface area contributed by atoms with Crippen molar-refractivity contribution < 1.29 is 4.79 Å². The summed E-state index contributed by atoms with van der Waals surface area (Å²) in [5.41, 5.74) is 3.83. The molecule has 2 heterocycles. The van der Waals surface area contributed by atoms with Crippen molar-refractivity contribution in [1.82, 2.24) is 9.30 Å². The van der Waals surface area contributed by atoms with Gasteiger partial charge in [0.05, 0.1) is 5.52 Å². The van der Waals surface area contributed by atoms with Crippen LogP contribution in [0.1, 0.15) is 43.4 Å². The van der Waals surface area contributed by atoms with E-state index >= 15 is 0 Å². The highest BCUT2D eigenvalue weighted by atomic mass is 16.2. The number of pyridine rings is 1. The third kappa shape index (κ3) is 2.23. The first kappa shape index (κ1) is 13.9. The average Bonchev–Trinajstić information content (AvgIpc) is 3.20. The van der Waals surface area contributed by atoms with Crippen LogP contribution in [0.25, 0.3) is 5.52 Å². The van der Waals surface area contributed by atoms with Gasteiger partial charge in [0.1, 0.15) is 0 Å². The SMILES string of the molecule is CN(C(=O)C1CCCC1)[C@@H]1CCc2[c]c3ccccn3c2C1. The number of fused-ring (bicyclic) bond motifs is 3. The number of nitrogens with zero attached hydrogens (tertiary/aromatic N) is 2. The van der Waals surface area contributed by atoms with E-state index in [0.29, 0.717) is 11.9 Å². The molecule has 115 valence electrons. The number of hydrogen-bond donors (Lipinski definition) is 0. The number of rotatable bonds is 2. The van der Waals surface area contributed by atoms with Gasteiger partial charge in [-0.25, -0.2) is 0 Å². The minimum Gasteiger partial charge on any atom is -0.342 e. The third-order valence-corrected chi connectivity index (χ3v) is 5.53. The number of amides is 1. The van der Waals surface area contributed by atoms with E-state index in [1.54, 1.807) is 0 Å². The van der Waals surface area contributed by atoms with Gasteiger partial charge in [0.2, 0.25) is 5.91 Å². The van der Waals surface area contributed by atoms with Gasteiger partial charge in [-0.2, -0.15) is 0 Å². The molecule has 2 aromatic rings. The van der Waals surface area contributed by atoms with E-state index in [-0.39, 0.29) is 5.92 Å². The van der Waals surface area contributed by atoms with E-state index in [1.807, 2.05) is 11.9 Å². The van der Waals surface area contributed by atoms with Crippen molar-refractivity contribution >= 4 is 11.4 Å². The smallest absolute Gasteiger partial charge is 0.225 e. The van der Waals surface area contributed by atoms with Crippen molar-refractivity contribution in [2.75, 3.05) is 7.05 Å². The van der Waals surface area contributed by atoms with Gasteiger partial charge in [0.25, 0.3) is 0 Å². The number of hydrogen-bond acceptors (Lipinski definition) is 1. The number of carbonyl (C=O) groups excluding carboxylic acids is 1. The summed E-state index contributed by atoms with van der Waals surface area (Å²) in [7, 11) is 2.01. The van der Waals surface area contributed by atoms with Gasteiger partial charge in [-0.05, 0) is 43.4 Å². The highest BCUT2D eigenvalue weighted by Crippen LogP contribution is 2.30. The Hall–Kier alpha value is -1.77. The maximum atomic E-state index is 12.7. The minimum absolute atomic E-state index is 0.280. The van der Waals surface area contributed by atoms with Crippen LogP contribution >= 0.6 is 0 Å². The highest BCUT2D eigenvalue weighted by Gasteiger charge is 2.31. The van der Waals surface area contributed by atoms with E-state index in [9.17, 15) is 4.79 Å². The molecule has 4 rings (SSSR count). The van der Waals surface area contributed by atoms with Crippen molar-refractivity contribution in [3.05, 3.63) is 41.7 Å². The van der Waals surface area contributed by atoms with E-state index in [2.05, 4.69) is 34.9 Å². The van der Waals surface area contributed by atoms with Crippen molar-refractivity contribution in [2.45, 2.75) is 51.0 Å². The Morgan fingerprint density at radius 2 is 2.09 bits per heavy atom. The maximum absolute atomic E-state index is 12.7. The zero-order valence-corrected chi connectivity index (χ0v) is 13.2. The molecule has 0 bridgehead atoms. The fraction of sp³-hybridized carbons (Fsp3) is 0.526. The summed E-state index contributed by atoms with van der Waals surface area (Å²) in [6.45, 7) is 0. The molecule has 0 unspecified atom stereocenters. The zero-order chi connectivity index (χ0) is 15.1. The highest BCUT2D eigenvalue weighted by molar-refractivity contribution is 5.79. The molecule has 0 spiro atoms. The predicted octanol–water partition coefficient (Wildman–Crippen LogP) is 3.25. The summed E-state index contributed by atoms with van der Waals surface area (Å²) in [4.78, 5) is 14.7. The second-order valence-corrected chi connectivity index (χ2v) is 6.83. The normalized spacial score (nSPS) is 22.0. The fourth-order valence-corrected chi connectivity index (χ4v) is 4.19. The molecule has 1 radical (unpaired) electrons. The van der Waals surface area contributed by atoms with Crippen LogP contribution in [0.15, 0.2) is 24.4 Å². The first-order valence-electron chi connectivity index (χ1n) is 8.51. The number of carbonyl (C=O) groups is 1. The van der Waals surface area contributed by atoms with Gasteiger partial charge in [-0.1, -0.05) is 18.9 Å². The second kappa shape index (κ2) is 5.45. The van der Waals surface area contributed by atoms with Gasteiger partial charge in [0.15, 0.2) is 0 Å². The Labute approximate surface area is 131 Å². The molecule has 0 aromatic carbocycles. The lowest BCUT2D eigenvalue weighted by molar-refractivity contribution is -0.136. The van der Waals surface area contributed by atoms with Gasteiger partial charge in [0, 0.05) is 43.4 Å². The molecule has 3 heteroatoms. The van der Waals surface area contributed by atoms with Gasteiger partial charge >= 0.3 is 0 Å². The van der Waals surface area contributed by atoms with Crippen LogP contribution in [0, 0.1) is 12.0 Å². The Kier molecular flexibility index (Phi) is 3.44. The molecule has 0 aliphatic heterocycles. The van der Waals surface area contributed by atoms with E-state index in [1.165, 1.54) is 24.1 Å². The summed E-state index contributed by atoms with van der Waals surface area (Å²) in [5.74, 6) is 0.651. The zero-order valence-electron chi connectivity index (χ0n) is 13.2. The first-order chi connectivity index (χ1) is 10.7. The molecule has 0 saturated heterocycles. The first-order valence-corrected chi connectivity index (χ1v) is 8.51. The van der Waals surface area contributed by atoms with Gasteiger partial charge in [-0.15, -0.1) is 0 Å². The van der Waals surface area contributed by atoms with Crippen LogP contribution < -0.4 is 0 Å². The lowest BCUT2D eigenvalue weighted by atomic mass is 9.91. The topological polar surface area (TPSA) is 24.7 Å². The molecular formula is C19H23N2O. The molecule has 3 nitrogen and oxygen atoms in total. The van der Waals surface area contributed by atoms with Crippen molar-refractivity contribution in [2.24, 2.45) is 5.92 Å². The fourth-order valence-electron chi connectivity index (χ4n) is 4.19. The van der Waals surface area contributed by atoms with Crippen molar-refractivity contribution in [3.8, 4) is 0 Å². The third-order valence-electron chi connectivity index (χ3n) is 5.53. The molecule has 1 amide bonds. The van der Waals surface area contributed by atoms with Crippen LogP contribution in [0.2, 0.25) is 0 Å². The van der Waals surface area contributed by atoms with Crippen LogP contribution in [0.3, 0.4) is 0 Å². The van der Waals surface area contributed by atoms with E-state index in [4.69, 9.17) is 0 Å². The predicted molar refractivity (Wildman–Crippen MR) is 86.8 cm³/mol. The van der Waals surface area contributed by atoms with Gasteiger partial charge < -0.3 is 9.30 Å². The summed E-state index contributed by atoms with van der Waals surface area (Å²) in [6.07, 6.45) is 9.78. The summed E-state index contributed by atoms with van der Waals surface area (Å²) < 4.78 is 2.25. The lowest BCUT2D eigenvalue weighted by Gasteiger charge is -2.33. The van der Waals surface area contributed by atoms with Crippen LogP contribution in [-0.2, 0) is 17.6 Å². The van der Waals surface area contributed by atoms with Crippen molar-refractivity contribution in [3.63, 3.8) is 0 Å². The van der Waals surface area contributed by atoms with Crippen LogP contribution in [-0.4, -0.2) is 28.3 Å². The molecule has 1 saturated carbocycles. The second-order valence-electron chi connectivity index (χ2n) is 6.83. The van der Waals surface area contributed by atoms with E-state index in [0.717, 1.165) is 37.6 Å². The Morgan fingerprint density at radius 3 is 2.91 bits per heavy atom. The van der Waals surface area contributed by atoms with Crippen LogP contribution in [0.4, 0.5) is 0 Å². The maximum Gasteiger partial charge on any atom is 0.225 e. The molecule has 1 atom stereocenters. The molecule has 1 fully saturated rings. The molecular weight excluding hydrogens is 272 g/mol. The summed E-state index contributed by atoms with van der Waals surface area (Å²) in [5, 5.41) is 0. The van der Waals surface area contributed by atoms with Crippen molar-refractivity contribution in [1.29, 1.82) is 0 Å². The summed E-state index contributed by atoms with van der Waals surface area (Å²) >= 11 is 0. The number of likely N-dealkylation sites (N-methyl/N-ethyl adjacent to an activating group) is 1. The Balaban J connectivity index is 1.57. The van der Waals surface area contributed by atoms with E-state index < -0.39 is 0 Å². The standard InChI is InChI=1S/C19H23N2O/c1-20(19(22)14-6-2-3-7-14)16-10-9-15-12-17-8-4-5-11-21(17)18(15)13-16/h4-5,8,11,14,16H,2-3,6-7,9-10,13H2,1H3/t16-/m1/s1. The largest absolute Gasteiger partial charge is 0.342 e. The molecule has 2 aliphatic rings. The molecule has 2 aromatic heterocycles. The Bertz CT molecular complexity index is 697. The summed E-state index contributed by atoms with van der Waals surface area (Å²) in [6, 6.07) is 10.1. The lowest BCUT2D eigenvalue weighted by Crippen LogP contribution is -2.43. The number of aromatic nitrogens is 1. The Morgan fingerprint density at radius 1 is 1.27 bits per heavy atom. The molecule has 22 heavy (non-hydrogen) atoms. The minimum atomic E-state index is 0.280. The molecule has 0 N–H and O–H groups in total. The van der Waals surface area contributed by atoms with Crippen LogP contribution in [0.5, 0.6) is 0 Å². The number of aryl methyl sites for hydroxylation is 1. The monoisotopic (exact) mass is 295 g/mol. The average molecular weight is 295 g/mol.